The number of hydrogen-bond acceptors (Lipinski definition) is 4. The van der Waals surface area contributed by atoms with E-state index >= 15 is 0 Å². The third-order valence-corrected chi connectivity index (χ3v) is 6.75. The molecule has 3 atom stereocenters. The van der Waals surface area contributed by atoms with Gasteiger partial charge in [0.15, 0.2) is 0 Å². The number of benzene rings is 1. The third-order valence-electron chi connectivity index (χ3n) is 6.75. The molecule has 0 spiro atoms. The van der Waals surface area contributed by atoms with Crippen LogP contribution in [0.15, 0.2) is 24.3 Å². The number of rotatable bonds is 8. The van der Waals surface area contributed by atoms with Crippen molar-refractivity contribution >= 4 is 23.7 Å². The number of alkyl carbamates (subject to hydrolysis) is 1. The molecule has 1 fully saturated rings. The molecule has 1 aromatic carbocycles. The van der Waals surface area contributed by atoms with Crippen LogP contribution in [-0.4, -0.2) is 42.8 Å². The van der Waals surface area contributed by atoms with Gasteiger partial charge in [0.05, 0.1) is 18.6 Å². The Morgan fingerprint density at radius 1 is 1.30 bits per heavy atom. The van der Waals surface area contributed by atoms with E-state index in [2.05, 4.69) is 5.32 Å². The molecule has 0 saturated heterocycles. The maximum absolute atomic E-state index is 13.4. The van der Waals surface area contributed by atoms with Gasteiger partial charge in [0.1, 0.15) is 0 Å². The topological polar surface area (TPSA) is 95.9 Å². The molecule has 1 aliphatic carbocycles. The van der Waals surface area contributed by atoms with Crippen molar-refractivity contribution in [1.29, 1.82) is 0 Å². The molecule has 0 radical (unpaired) electrons. The molecular weight excluding hydrogens is 384 g/mol. The minimum Gasteiger partial charge on any atom is -0.481 e. The highest BCUT2D eigenvalue weighted by Crippen LogP contribution is 2.52. The number of anilines is 1. The number of nitrogens with one attached hydrogen (secondary N) is 1. The summed E-state index contributed by atoms with van der Waals surface area (Å²) in [5.41, 5.74) is 0.933. The predicted octanol–water partition coefficient (Wildman–Crippen LogP) is 3.61. The highest BCUT2D eigenvalue weighted by molar-refractivity contribution is 5.95. The first-order chi connectivity index (χ1) is 14.3. The summed E-state index contributed by atoms with van der Waals surface area (Å²) in [5, 5.41) is 12.8. The van der Waals surface area contributed by atoms with Gasteiger partial charge < -0.3 is 20.1 Å². The summed E-state index contributed by atoms with van der Waals surface area (Å²) in [6, 6.07) is 7.41. The zero-order chi connectivity index (χ0) is 21.9. The van der Waals surface area contributed by atoms with Crippen molar-refractivity contribution in [2.75, 3.05) is 18.6 Å². The van der Waals surface area contributed by atoms with Crippen molar-refractivity contribution in [1.82, 2.24) is 5.32 Å². The third kappa shape index (κ3) is 4.45. The van der Waals surface area contributed by atoms with E-state index in [9.17, 15) is 19.5 Å². The molecule has 2 aliphatic rings. The fourth-order valence-corrected chi connectivity index (χ4v) is 4.80. The molecule has 3 rings (SSSR count). The van der Waals surface area contributed by atoms with E-state index in [1.54, 1.807) is 4.90 Å². The second kappa shape index (κ2) is 9.06. The molecule has 0 aromatic heterocycles. The number of carboxylic acid groups (broad SMARTS) is 1. The van der Waals surface area contributed by atoms with Crippen LogP contribution in [0.4, 0.5) is 10.5 Å². The second-order valence-electron chi connectivity index (χ2n) is 8.72. The van der Waals surface area contributed by atoms with Crippen LogP contribution in [-0.2, 0) is 20.7 Å². The first kappa shape index (κ1) is 22.1. The van der Waals surface area contributed by atoms with Gasteiger partial charge in [-0.3, -0.25) is 9.59 Å². The van der Waals surface area contributed by atoms with Gasteiger partial charge in [0, 0.05) is 18.7 Å². The van der Waals surface area contributed by atoms with Crippen LogP contribution >= 0.6 is 0 Å². The number of hydrogen-bond donors (Lipinski definition) is 2. The van der Waals surface area contributed by atoms with E-state index in [1.807, 2.05) is 38.1 Å². The molecule has 1 aromatic rings. The molecule has 0 bridgehead atoms. The van der Waals surface area contributed by atoms with Crippen molar-refractivity contribution in [3.63, 3.8) is 0 Å². The number of carbonyl (C=O) groups is 3. The first-order valence-electron chi connectivity index (χ1n) is 10.8. The summed E-state index contributed by atoms with van der Waals surface area (Å²) < 4.78 is 4.72. The van der Waals surface area contributed by atoms with E-state index < -0.39 is 17.5 Å². The fourth-order valence-electron chi connectivity index (χ4n) is 4.80. The average Bonchev–Trinajstić information content (AvgIpc) is 3.57. The summed E-state index contributed by atoms with van der Waals surface area (Å²) in [7, 11) is 1.31. The van der Waals surface area contributed by atoms with E-state index in [-0.39, 0.29) is 30.2 Å². The van der Waals surface area contributed by atoms with E-state index in [1.165, 1.54) is 7.11 Å². The van der Waals surface area contributed by atoms with Crippen molar-refractivity contribution in [2.45, 2.75) is 58.4 Å². The van der Waals surface area contributed by atoms with Gasteiger partial charge in [-0.25, -0.2) is 4.79 Å². The number of ether oxygens (including phenoxy) is 1. The molecule has 7 heteroatoms. The quantitative estimate of drug-likeness (QED) is 0.675. The molecule has 1 heterocycles. The highest BCUT2D eigenvalue weighted by atomic mass is 16.5. The Balaban J connectivity index is 1.84. The molecule has 7 nitrogen and oxygen atoms in total. The molecule has 2 amide bonds. The number of aliphatic carboxylic acids is 1. The van der Waals surface area contributed by atoms with Crippen molar-refractivity contribution in [3.05, 3.63) is 29.8 Å². The van der Waals surface area contributed by atoms with Crippen LogP contribution in [0.5, 0.6) is 0 Å². The molecule has 30 heavy (non-hydrogen) atoms. The molecular formula is C23H32N2O5. The standard InChI is InChI=1S/C23H32N2O5/c1-4-7-17(23(2,21(27)28)16-10-11-16)13-20(26)25-14-18(24-22(29)30-3)12-15-8-5-6-9-19(15)25/h5-6,8-9,16-18H,4,7,10-14H2,1-3H3,(H,24,29)(H,27,28)/t17?,18-,23-/m0/s1. The number of methoxy groups -OCH3 is 1. The van der Waals surface area contributed by atoms with E-state index in [0.717, 1.165) is 30.5 Å². The zero-order valence-electron chi connectivity index (χ0n) is 18.0. The lowest BCUT2D eigenvalue weighted by atomic mass is 9.69. The van der Waals surface area contributed by atoms with Crippen LogP contribution in [0.25, 0.3) is 0 Å². The van der Waals surface area contributed by atoms with Crippen molar-refractivity contribution < 1.29 is 24.2 Å². The Kier molecular flexibility index (Phi) is 6.68. The number of carboxylic acids is 1. The monoisotopic (exact) mass is 416 g/mol. The Hall–Kier alpha value is -2.57. The summed E-state index contributed by atoms with van der Waals surface area (Å²) in [5.74, 6) is -0.978. The summed E-state index contributed by atoms with van der Waals surface area (Å²) in [4.78, 5) is 39.1. The van der Waals surface area contributed by atoms with Gasteiger partial charge >= 0.3 is 12.1 Å². The summed E-state index contributed by atoms with van der Waals surface area (Å²) in [6.45, 7) is 4.18. The lowest BCUT2D eigenvalue weighted by molar-refractivity contribution is -0.154. The smallest absolute Gasteiger partial charge is 0.407 e. The van der Waals surface area contributed by atoms with E-state index in [0.29, 0.717) is 19.4 Å². The number of amides is 2. The SMILES string of the molecule is CCCC(CC(=O)N1C[C@@H](NC(=O)OC)Cc2ccccc21)[C@@](C)(C(=O)O)C1CC1. The maximum Gasteiger partial charge on any atom is 0.407 e. The van der Waals surface area contributed by atoms with Crippen molar-refractivity contribution in [3.8, 4) is 0 Å². The minimum absolute atomic E-state index is 0.0922. The van der Waals surface area contributed by atoms with Crippen LogP contribution in [0.1, 0.15) is 51.5 Å². The van der Waals surface area contributed by atoms with Crippen LogP contribution in [0.2, 0.25) is 0 Å². The normalized spacial score (nSPS) is 21.2. The molecule has 1 unspecified atom stereocenters. The number of nitrogens with zero attached hydrogens (tertiary/aromatic N) is 1. The number of fused-ring (bicyclic) bond motifs is 1. The summed E-state index contributed by atoms with van der Waals surface area (Å²) >= 11 is 0. The maximum atomic E-state index is 13.4. The molecule has 1 saturated carbocycles. The molecule has 164 valence electrons. The Labute approximate surface area is 177 Å². The molecule has 2 N–H and O–H groups in total. The predicted molar refractivity (Wildman–Crippen MR) is 113 cm³/mol. The van der Waals surface area contributed by atoms with Gasteiger partial charge in [0.2, 0.25) is 5.91 Å². The highest BCUT2D eigenvalue weighted by Gasteiger charge is 2.52. The summed E-state index contributed by atoms with van der Waals surface area (Å²) in [6.07, 6.45) is 3.63. The number of carbonyl (C=O) groups excluding carboxylic acids is 2. The van der Waals surface area contributed by atoms with Gasteiger partial charge in [0.25, 0.3) is 0 Å². The average molecular weight is 417 g/mol. The fraction of sp³-hybridized carbons (Fsp3) is 0.609. The Morgan fingerprint density at radius 2 is 2.00 bits per heavy atom. The largest absolute Gasteiger partial charge is 0.481 e. The molecule has 1 aliphatic heterocycles. The van der Waals surface area contributed by atoms with Gasteiger partial charge in [-0.1, -0.05) is 31.5 Å². The van der Waals surface area contributed by atoms with Crippen molar-refractivity contribution in [2.24, 2.45) is 17.3 Å². The first-order valence-corrected chi connectivity index (χ1v) is 10.8. The van der Waals surface area contributed by atoms with Gasteiger partial charge in [-0.15, -0.1) is 0 Å². The Bertz CT molecular complexity index is 807. The second-order valence-corrected chi connectivity index (χ2v) is 8.72. The van der Waals surface area contributed by atoms with Crippen LogP contribution < -0.4 is 10.2 Å². The zero-order valence-corrected chi connectivity index (χ0v) is 18.0. The van der Waals surface area contributed by atoms with Gasteiger partial charge in [-0.05, 0) is 56.1 Å². The minimum atomic E-state index is -0.884. The lowest BCUT2D eigenvalue weighted by Crippen LogP contribution is -2.51. The van der Waals surface area contributed by atoms with Crippen LogP contribution in [0.3, 0.4) is 0 Å². The van der Waals surface area contributed by atoms with E-state index in [4.69, 9.17) is 4.74 Å². The number of para-hydroxylation sites is 1. The van der Waals surface area contributed by atoms with Gasteiger partial charge in [-0.2, -0.15) is 0 Å². The Morgan fingerprint density at radius 3 is 2.60 bits per heavy atom. The van der Waals surface area contributed by atoms with Crippen LogP contribution in [0, 0.1) is 17.3 Å². The lowest BCUT2D eigenvalue weighted by Gasteiger charge is -2.38.